The number of rotatable bonds is 3. The van der Waals surface area contributed by atoms with E-state index in [1.165, 1.54) is 24.1 Å². The Morgan fingerprint density at radius 2 is 2.18 bits per heavy atom. The number of para-hydroxylation sites is 2. The van der Waals surface area contributed by atoms with Crippen molar-refractivity contribution in [2.45, 2.75) is 25.3 Å². The Labute approximate surface area is 130 Å². The van der Waals surface area contributed by atoms with Gasteiger partial charge in [-0.05, 0) is 37.6 Å². The predicted molar refractivity (Wildman–Crippen MR) is 86.6 cm³/mol. The first kappa shape index (κ1) is 13.5. The van der Waals surface area contributed by atoms with E-state index in [4.69, 9.17) is 4.98 Å². The summed E-state index contributed by atoms with van der Waals surface area (Å²) < 4.78 is 2.22. The fraction of sp³-hybridized carbons (Fsp3) is 0.412. The van der Waals surface area contributed by atoms with Crippen molar-refractivity contribution in [1.29, 1.82) is 0 Å². The maximum atomic E-state index is 4.80. The maximum absolute atomic E-state index is 4.80. The van der Waals surface area contributed by atoms with Crippen molar-refractivity contribution in [1.82, 2.24) is 24.6 Å². The molecule has 3 heterocycles. The van der Waals surface area contributed by atoms with Crippen LogP contribution in [0.5, 0.6) is 0 Å². The maximum Gasteiger partial charge on any atom is 0.123 e. The Morgan fingerprint density at radius 1 is 1.27 bits per heavy atom. The molecule has 1 fully saturated rings. The van der Waals surface area contributed by atoms with Crippen LogP contribution < -0.4 is 0 Å². The third-order valence-corrected chi connectivity index (χ3v) is 4.71. The van der Waals surface area contributed by atoms with E-state index < -0.39 is 0 Å². The highest BCUT2D eigenvalue weighted by Gasteiger charge is 2.23. The summed E-state index contributed by atoms with van der Waals surface area (Å²) >= 11 is 0. The number of imidazole rings is 1. The van der Waals surface area contributed by atoms with Gasteiger partial charge in [0.05, 0.1) is 17.6 Å². The molecule has 114 valence electrons. The molecule has 3 aromatic rings. The molecule has 1 N–H and O–H groups in total. The van der Waals surface area contributed by atoms with Gasteiger partial charge < -0.3 is 4.57 Å². The van der Waals surface area contributed by atoms with E-state index in [0.29, 0.717) is 5.92 Å². The highest BCUT2D eigenvalue weighted by Crippen LogP contribution is 2.26. The van der Waals surface area contributed by atoms with E-state index >= 15 is 0 Å². The number of aromatic amines is 1. The van der Waals surface area contributed by atoms with Crippen molar-refractivity contribution in [3.63, 3.8) is 0 Å². The number of piperidine rings is 1. The number of likely N-dealkylation sites (tertiary alicyclic amines) is 1. The highest BCUT2D eigenvalue weighted by atomic mass is 15.2. The first-order valence-electron chi connectivity index (χ1n) is 7.93. The Kier molecular flexibility index (Phi) is 3.42. The van der Waals surface area contributed by atoms with Crippen molar-refractivity contribution in [3.8, 4) is 0 Å². The third-order valence-electron chi connectivity index (χ3n) is 4.71. The molecule has 2 aromatic heterocycles. The number of benzene rings is 1. The second-order valence-corrected chi connectivity index (χ2v) is 6.16. The van der Waals surface area contributed by atoms with Gasteiger partial charge in [0.2, 0.25) is 0 Å². The number of aromatic nitrogens is 4. The van der Waals surface area contributed by atoms with Crippen molar-refractivity contribution in [2.24, 2.45) is 7.05 Å². The van der Waals surface area contributed by atoms with Gasteiger partial charge in [-0.1, -0.05) is 12.1 Å². The summed E-state index contributed by atoms with van der Waals surface area (Å²) in [6.07, 6.45) is 4.31. The standard InChI is InChI=1S/C17H21N5/c1-21-16-7-3-2-6-15(16)19-17(21)12-22-10-4-5-13(11-22)14-8-9-18-20-14/h2-3,6-9,13H,4-5,10-12H2,1H3,(H,18,20)/t13-/m1/s1. The molecule has 0 amide bonds. The van der Waals surface area contributed by atoms with Crippen LogP contribution in [0.2, 0.25) is 0 Å². The van der Waals surface area contributed by atoms with Gasteiger partial charge in [-0.2, -0.15) is 5.10 Å². The number of hydrogen-bond acceptors (Lipinski definition) is 3. The average molecular weight is 295 g/mol. The SMILES string of the molecule is Cn1c(CN2CCC[C@@H](c3ccn[nH]3)C2)nc2ccccc21. The quantitative estimate of drug-likeness (QED) is 0.808. The average Bonchev–Trinajstić information content (AvgIpc) is 3.18. The molecule has 1 saturated heterocycles. The van der Waals surface area contributed by atoms with E-state index in [1.807, 2.05) is 12.3 Å². The van der Waals surface area contributed by atoms with Gasteiger partial charge >= 0.3 is 0 Å². The van der Waals surface area contributed by atoms with Gasteiger partial charge in [0.25, 0.3) is 0 Å². The number of nitrogens with one attached hydrogen (secondary N) is 1. The molecule has 0 saturated carbocycles. The van der Waals surface area contributed by atoms with E-state index in [9.17, 15) is 0 Å². The van der Waals surface area contributed by atoms with E-state index in [2.05, 4.69) is 51.0 Å². The molecule has 22 heavy (non-hydrogen) atoms. The van der Waals surface area contributed by atoms with Crippen molar-refractivity contribution < 1.29 is 0 Å². The molecular formula is C17H21N5. The highest BCUT2D eigenvalue weighted by molar-refractivity contribution is 5.75. The molecule has 0 radical (unpaired) electrons. The third kappa shape index (κ3) is 2.41. The van der Waals surface area contributed by atoms with Gasteiger partial charge in [0.15, 0.2) is 0 Å². The van der Waals surface area contributed by atoms with Gasteiger partial charge in [0.1, 0.15) is 5.82 Å². The topological polar surface area (TPSA) is 49.7 Å². The van der Waals surface area contributed by atoms with Crippen LogP contribution in [0.4, 0.5) is 0 Å². The number of fused-ring (bicyclic) bond motifs is 1. The molecule has 0 spiro atoms. The summed E-state index contributed by atoms with van der Waals surface area (Å²) in [5, 5.41) is 7.22. The zero-order valence-electron chi connectivity index (χ0n) is 12.9. The van der Waals surface area contributed by atoms with Gasteiger partial charge in [0, 0.05) is 31.4 Å². The second kappa shape index (κ2) is 5.57. The molecule has 5 heteroatoms. The lowest BCUT2D eigenvalue weighted by molar-refractivity contribution is 0.193. The lowest BCUT2D eigenvalue weighted by Crippen LogP contribution is -2.34. The number of hydrogen-bond donors (Lipinski definition) is 1. The fourth-order valence-corrected chi connectivity index (χ4v) is 3.48. The zero-order chi connectivity index (χ0) is 14.9. The van der Waals surface area contributed by atoms with Crippen LogP contribution in [-0.2, 0) is 13.6 Å². The second-order valence-electron chi connectivity index (χ2n) is 6.16. The minimum Gasteiger partial charge on any atom is -0.330 e. The van der Waals surface area contributed by atoms with Crippen LogP contribution in [0.25, 0.3) is 11.0 Å². The molecule has 0 bridgehead atoms. The van der Waals surface area contributed by atoms with Crippen LogP contribution in [0.15, 0.2) is 36.5 Å². The number of aryl methyl sites for hydroxylation is 1. The molecular weight excluding hydrogens is 274 g/mol. The Hall–Kier alpha value is -2.14. The van der Waals surface area contributed by atoms with E-state index in [0.717, 1.165) is 31.0 Å². The van der Waals surface area contributed by atoms with Crippen LogP contribution in [-0.4, -0.2) is 37.7 Å². The number of H-pyrrole nitrogens is 1. The molecule has 0 aliphatic carbocycles. The van der Waals surface area contributed by atoms with Crippen LogP contribution >= 0.6 is 0 Å². The molecule has 1 aromatic carbocycles. The summed E-state index contributed by atoms with van der Waals surface area (Å²) in [7, 11) is 2.11. The summed E-state index contributed by atoms with van der Waals surface area (Å²) in [5.41, 5.74) is 3.55. The smallest absolute Gasteiger partial charge is 0.123 e. The molecule has 1 aliphatic heterocycles. The largest absolute Gasteiger partial charge is 0.330 e. The minimum atomic E-state index is 0.561. The monoisotopic (exact) mass is 295 g/mol. The van der Waals surface area contributed by atoms with Gasteiger partial charge in [-0.25, -0.2) is 4.98 Å². The first-order chi connectivity index (χ1) is 10.8. The predicted octanol–water partition coefficient (Wildman–Crippen LogP) is 2.68. The lowest BCUT2D eigenvalue weighted by atomic mass is 9.95. The summed E-state index contributed by atoms with van der Waals surface area (Å²) in [6, 6.07) is 10.4. The lowest BCUT2D eigenvalue weighted by Gasteiger charge is -2.31. The molecule has 4 rings (SSSR count). The molecule has 5 nitrogen and oxygen atoms in total. The van der Waals surface area contributed by atoms with Gasteiger partial charge in [-0.15, -0.1) is 0 Å². The van der Waals surface area contributed by atoms with Crippen LogP contribution in [0.1, 0.15) is 30.3 Å². The molecule has 0 unspecified atom stereocenters. The summed E-state index contributed by atoms with van der Waals surface area (Å²) in [6.45, 7) is 3.13. The first-order valence-corrected chi connectivity index (χ1v) is 7.93. The van der Waals surface area contributed by atoms with Gasteiger partial charge in [-0.3, -0.25) is 10.00 Å². The molecule has 1 aliphatic rings. The van der Waals surface area contributed by atoms with Crippen molar-refractivity contribution in [3.05, 3.63) is 48.0 Å². The summed E-state index contributed by atoms with van der Waals surface area (Å²) in [4.78, 5) is 7.31. The number of nitrogens with zero attached hydrogens (tertiary/aromatic N) is 4. The molecule has 1 atom stereocenters. The van der Waals surface area contributed by atoms with Crippen LogP contribution in [0, 0.1) is 0 Å². The van der Waals surface area contributed by atoms with E-state index in [-0.39, 0.29) is 0 Å². The minimum absolute atomic E-state index is 0.561. The summed E-state index contributed by atoms with van der Waals surface area (Å²) in [5.74, 6) is 1.71. The van der Waals surface area contributed by atoms with Crippen molar-refractivity contribution >= 4 is 11.0 Å². The Balaban J connectivity index is 1.53. The van der Waals surface area contributed by atoms with Crippen LogP contribution in [0.3, 0.4) is 0 Å². The Bertz CT molecular complexity index is 759. The van der Waals surface area contributed by atoms with Crippen molar-refractivity contribution in [2.75, 3.05) is 13.1 Å². The van der Waals surface area contributed by atoms with E-state index in [1.54, 1.807) is 0 Å². The normalized spacial score (nSPS) is 19.8. The zero-order valence-corrected chi connectivity index (χ0v) is 12.9. The fourth-order valence-electron chi connectivity index (χ4n) is 3.48. The Morgan fingerprint density at radius 3 is 3.00 bits per heavy atom.